The van der Waals surface area contributed by atoms with Crippen LogP contribution in [0.3, 0.4) is 0 Å². The maximum absolute atomic E-state index is 13.9. The van der Waals surface area contributed by atoms with E-state index in [-0.39, 0.29) is 5.82 Å². The summed E-state index contributed by atoms with van der Waals surface area (Å²) in [7, 11) is 0. The lowest BCUT2D eigenvalue weighted by atomic mass is 9.94. The van der Waals surface area contributed by atoms with E-state index < -0.39 is 5.72 Å². The minimum absolute atomic E-state index is 0.343. The Hall–Kier alpha value is -2.23. The van der Waals surface area contributed by atoms with Crippen molar-refractivity contribution in [3.05, 3.63) is 63.2 Å². The van der Waals surface area contributed by atoms with Gasteiger partial charge in [-0.05, 0) is 54.2 Å². The van der Waals surface area contributed by atoms with E-state index in [2.05, 4.69) is 10.0 Å². The summed E-state index contributed by atoms with van der Waals surface area (Å²) < 4.78 is 19.8. The summed E-state index contributed by atoms with van der Waals surface area (Å²) in [5.74, 6) is 0.181. The molecule has 3 rings (SSSR count). The third kappa shape index (κ3) is 2.61. The van der Waals surface area contributed by atoms with E-state index >= 15 is 0 Å². The van der Waals surface area contributed by atoms with Crippen molar-refractivity contribution in [2.24, 2.45) is 5.11 Å². The molecule has 1 heterocycles. The topological polar surface area (TPSA) is 58.0 Å². The zero-order valence-corrected chi connectivity index (χ0v) is 12.6. The number of hydrogen-bond donors (Lipinski definition) is 0. The number of benzene rings is 2. The highest BCUT2D eigenvalue weighted by Crippen LogP contribution is 2.43. The summed E-state index contributed by atoms with van der Waals surface area (Å²) in [5.41, 5.74) is 9.73. The first-order valence-corrected chi connectivity index (χ1v) is 7.23. The first-order chi connectivity index (χ1) is 10.5. The van der Waals surface area contributed by atoms with Crippen LogP contribution in [0, 0.1) is 5.82 Å². The van der Waals surface area contributed by atoms with Crippen molar-refractivity contribution < 1.29 is 9.13 Å². The molecule has 2 aromatic carbocycles. The molecule has 22 heavy (non-hydrogen) atoms. The highest BCUT2D eigenvalue weighted by Gasteiger charge is 2.33. The van der Waals surface area contributed by atoms with Gasteiger partial charge in [-0.15, -0.1) is 0 Å². The molecule has 1 aliphatic rings. The molecule has 0 bridgehead atoms. The van der Waals surface area contributed by atoms with Gasteiger partial charge in [-0.25, -0.2) is 4.39 Å². The maximum atomic E-state index is 13.9. The quantitative estimate of drug-likeness (QED) is 0.410. The molecule has 2 aromatic rings. The SMILES string of the molecule is CC1(N=[N+]=[N-])CCc2cc(F)cc(-c3ccccc3Cl)c2O1. The van der Waals surface area contributed by atoms with Crippen LogP contribution >= 0.6 is 11.6 Å². The molecule has 112 valence electrons. The standard InChI is InChI=1S/C16H13ClFN3O/c1-16(20-21-19)7-6-10-8-11(18)9-13(15(10)22-16)12-4-2-3-5-14(12)17/h2-5,8-9H,6-7H2,1H3. The minimum atomic E-state index is -0.977. The predicted octanol–water partition coefficient (Wildman–Crippen LogP) is 5.50. The van der Waals surface area contributed by atoms with Crippen LogP contribution in [0.15, 0.2) is 41.5 Å². The monoisotopic (exact) mass is 317 g/mol. The van der Waals surface area contributed by atoms with Crippen LogP contribution in [0.25, 0.3) is 21.6 Å². The van der Waals surface area contributed by atoms with Crippen LogP contribution in [0.1, 0.15) is 18.9 Å². The second kappa shape index (κ2) is 5.52. The lowest BCUT2D eigenvalue weighted by Gasteiger charge is -2.33. The number of aryl methyl sites for hydroxylation is 1. The molecule has 1 atom stereocenters. The molecule has 1 aliphatic heterocycles. The lowest BCUT2D eigenvalue weighted by Crippen LogP contribution is -2.34. The van der Waals surface area contributed by atoms with Gasteiger partial charge in [0.25, 0.3) is 0 Å². The summed E-state index contributed by atoms with van der Waals surface area (Å²) in [6.45, 7) is 1.72. The Morgan fingerprint density at radius 2 is 2.09 bits per heavy atom. The van der Waals surface area contributed by atoms with Crippen molar-refractivity contribution in [2.75, 3.05) is 0 Å². The van der Waals surface area contributed by atoms with Gasteiger partial charge in [-0.1, -0.05) is 29.8 Å². The molecule has 0 fully saturated rings. The molecule has 0 aromatic heterocycles. The Kier molecular flexibility index (Phi) is 3.69. The molecule has 0 radical (unpaired) electrons. The molecule has 1 unspecified atom stereocenters. The van der Waals surface area contributed by atoms with Crippen molar-refractivity contribution >= 4 is 11.6 Å². The van der Waals surface area contributed by atoms with Crippen molar-refractivity contribution in [3.8, 4) is 16.9 Å². The fourth-order valence-electron chi connectivity index (χ4n) is 2.64. The maximum Gasteiger partial charge on any atom is 0.185 e. The summed E-state index contributed by atoms with van der Waals surface area (Å²) in [4.78, 5) is 2.84. The van der Waals surface area contributed by atoms with E-state index in [1.807, 2.05) is 12.1 Å². The van der Waals surface area contributed by atoms with Gasteiger partial charge < -0.3 is 4.74 Å². The molecule has 4 nitrogen and oxygen atoms in total. The number of fused-ring (bicyclic) bond motifs is 1. The van der Waals surface area contributed by atoms with Gasteiger partial charge in [0, 0.05) is 21.1 Å². The third-order valence-corrected chi connectivity index (χ3v) is 4.06. The Morgan fingerprint density at radius 3 is 2.82 bits per heavy atom. The second-order valence-corrected chi connectivity index (χ2v) is 5.80. The Labute approximate surface area is 132 Å². The van der Waals surface area contributed by atoms with Gasteiger partial charge in [-0.2, -0.15) is 0 Å². The van der Waals surface area contributed by atoms with Crippen molar-refractivity contribution in [1.82, 2.24) is 0 Å². The average molecular weight is 318 g/mol. The number of ether oxygens (including phenoxy) is 1. The molecule has 0 spiro atoms. The first kappa shape index (κ1) is 14.7. The molecule has 0 N–H and O–H groups in total. The number of halogens is 2. The van der Waals surface area contributed by atoms with Crippen LogP contribution in [-0.4, -0.2) is 5.72 Å². The van der Waals surface area contributed by atoms with Gasteiger partial charge in [0.05, 0.1) is 0 Å². The molecular weight excluding hydrogens is 305 g/mol. The van der Waals surface area contributed by atoms with Crippen LogP contribution in [0.4, 0.5) is 4.39 Å². The van der Waals surface area contributed by atoms with E-state index in [0.717, 1.165) is 5.56 Å². The van der Waals surface area contributed by atoms with Gasteiger partial charge in [0.15, 0.2) is 5.72 Å². The van der Waals surface area contributed by atoms with E-state index in [0.29, 0.717) is 34.7 Å². The van der Waals surface area contributed by atoms with Crippen molar-refractivity contribution in [2.45, 2.75) is 25.5 Å². The van der Waals surface area contributed by atoms with Crippen molar-refractivity contribution in [3.63, 3.8) is 0 Å². The highest BCUT2D eigenvalue weighted by atomic mass is 35.5. The van der Waals surface area contributed by atoms with E-state index in [1.165, 1.54) is 12.1 Å². The van der Waals surface area contributed by atoms with Crippen LogP contribution in [0.5, 0.6) is 5.75 Å². The number of rotatable bonds is 2. The molecule has 0 amide bonds. The first-order valence-electron chi connectivity index (χ1n) is 6.85. The van der Waals surface area contributed by atoms with E-state index in [9.17, 15) is 4.39 Å². The average Bonchev–Trinajstić information content (AvgIpc) is 2.48. The van der Waals surface area contributed by atoms with Crippen LogP contribution in [0.2, 0.25) is 5.02 Å². The summed E-state index contributed by atoms with van der Waals surface area (Å²) in [6, 6.07) is 10.0. The zero-order valence-electron chi connectivity index (χ0n) is 11.9. The van der Waals surface area contributed by atoms with E-state index in [1.54, 1.807) is 19.1 Å². The molecule has 0 saturated heterocycles. The van der Waals surface area contributed by atoms with Crippen molar-refractivity contribution in [1.29, 1.82) is 0 Å². The summed E-state index contributed by atoms with van der Waals surface area (Å²) >= 11 is 6.23. The highest BCUT2D eigenvalue weighted by molar-refractivity contribution is 6.33. The lowest BCUT2D eigenvalue weighted by molar-refractivity contribution is 0.0729. The van der Waals surface area contributed by atoms with Gasteiger partial charge in [0.1, 0.15) is 11.6 Å². The summed E-state index contributed by atoms with van der Waals surface area (Å²) in [6.07, 6.45) is 1.07. The zero-order chi connectivity index (χ0) is 15.7. The number of hydrogen-bond acceptors (Lipinski definition) is 2. The normalized spacial score (nSPS) is 19.8. The number of nitrogens with zero attached hydrogens (tertiary/aromatic N) is 3. The fraction of sp³-hybridized carbons (Fsp3) is 0.250. The third-order valence-electron chi connectivity index (χ3n) is 3.73. The minimum Gasteiger partial charge on any atom is -0.481 e. The Bertz CT molecular complexity index is 789. The van der Waals surface area contributed by atoms with E-state index in [4.69, 9.17) is 21.9 Å². The molecule has 6 heteroatoms. The second-order valence-electron chi connectivity index (χ2n) is 5.39. The van der Waals surface area contributed by atoms with Crippen LogP contribution in [-0.2, 0) is 6.42 Å². The molecule has 0 aliphatic carbocycles. The van der Waals surface area contributed by atoms with Crippen LogP contribution < -0.4 is 4.74 Å². The van der Waals surface area contributed by atoms with Gasteiger partial charge in [-0.3, -0.25) is 0 Å². The molecule has 0 saturated carbocycles. The summed E-state index contributed by atoms with van der Waals surface area (Å²) in [5, 5.41) is 4.23. The van der Waals surface area contributed by atoms with Gasteiger partial charge >= 0.3 is 0 Å². The Balaban J connectivity index is 2.19. The largest absolute Gasteiger partial charge is 0.481 e. The Morgan fingerprint density at radius 1 is 1.32 bits per heavy atom. The molecular formula is C16H13ClFN3O. The fourth-order valence-corrected chi connectivity index (χ4v) is 2.88. The smallest absolute Gasteiger partial charge is 0.185 e. The van der Waals surface area contributed by atoms with Gasteiger partial charge in [0.2, 0.25) is 0 Å². The predicted molar refractivity (Wildman–Crippen MR) is 83.3 cm³/mol. The number of azide groups is 1.